The van der Waals surface area contributed by atoms with Gasteiger partial charge in [0.2, 0.25) is 0 Å². The average Bonchev–Trinajstić information content (AvgIpc) is 3.33. The quantitative estimate of drug-likeness (QED) is 0.135. The molecule has 2 heteroatoms. The number of nitrogens with zero attached hydrogens (tertiary/aromatic N) is 2. The lowest BCUT2D eigenvalue weighted by Crippen LogP contribution is -2.36. The van der Waals surface area contributed by atoms with Crippen molar-refractivity contribution in [2.24, 2.45) is 0 Å². The normalized spacial score (nSPS) is 16.3. The molecular weight excluding hydrogens is 785 g/mol. The van der Waals surface area contributed by atoms with E-state index in [-0.39, 0.29) is 6.04 Å². The molecule has 0 radical (unpaired) electrons. The van der Waals surface area contributed by atoms with Crippen LogP contribution in [-0.2, 0) is 0 Å². The maximum atomic E-state index is 2.50. The first-order valence-corrected chi connectivity index (χ1v) is 23.1. The van der Waals surface area contributed by atoms with Crippen molar-refractivity contribution in [2.75, 3.05) is 9.80 Å². The van der Waals surface area contributed by atoms with E-state index < -0.39 is 0 Å². The highest BCUT2D eigenvalue weighted by Crippen LogP contribution is 2.34. The Bertz CT molecular complexity index is 3200. The number of hydrogen-bond donors (Lipinski definition) is 0. The summed E-state index contributed by atoms with van der Waals surface area (Å²) in [5.74, 6) is 0. The first kappa shape index (κ1) is 42.9. The van der Waals surface area contributed by atoms with E-state index in [1.807, 2.05) is 0 Å². The number of anilines is 2. The molecule has 0 N–H and O–H groups in total. The molecule has 2 aliphatic rings. The van der Waals surface area contributed by atoms with Crippen LogP contribution in [0, 0.1) is 20.8 Å². The van der Waals surface area contributed by atoms with Gasteiger partial charge in [0.05, 0.1) is 11.7 Å². The number of rotatable bonds is 10. The first-order chi connectivity index (χ1) is 31.8. The summed E-state index contributed by atoms with van der Waals surface area (Å²) in [6.07, 6.45) is 19.3. The van der Waals surface area contributed by atoms with Crippen LogP contribution < -0.4 is 30.7 Å². The van der Waals surface area contributed by atoms with Crippen molar-refractivity contribution in [3.05, 3.63) is 283 Å². The lowest BCUT2D eigenvalue weighted by atomic mass is 9.92. The Balaban J connectivity index is 1.28. The van der Waals surface area contributed by atoms with Gasteiger partial charge in [-0.25, -0.2) is 0 Å². The minimum atomic E-state index is 0.198. The van der Waals surface area contributed by atoms with Crippen LogP contribution in [0.5, 0.6) is 0 Å². The molecule has 1 atom stereocenters. The zero-order chi connectivity index (χ0) is 44.7. The van der Waals surface area contributed by atoms with Gasteiger partial charge < -0.3 is 9.80 Å². The van der Waals surface area contributed by atoms with Crippen molar-refractivity contribution in [3.63, 3.8) is 0 Å². The van der Waals surface area contributed by atoms with Gasteiger partial charge in [-0.1, -0.05) is 192 Å². The van der Waals surface area contributed by atoms with Crippen LogP contribution in [0.25, 0.3) is 23.5 Å². The molecule has 0 fully saturated rings. The highest BCUT2D eigenvalue weighted by Gasteiger charge is 2.22. The lowest BCUT2D eigenvalue weighted by Gasteiger charge is -2.32. The molecule has 0 bridgehead atoms. The van der Waals surface area contributed by atoms with E-state index in [0.717, 1.165) is 35.7 Å². The second-order valence-electron chi connectivity index (χ2n) is 17.7. The zero-order valence-corrected chi connectivity index (χ0v) is 38.4. The van der Waals surface area contributed by atoms with Crippen molar-refractivity contribution < 1.29 is 0 Å². The number of aryl methyl sites for hydroxylation is 3. The second kappa shape index (κ2) is 19.5. The van der Waals surface area contributed by atoms with E-state index in [2.05, 4.69) is 263 Å². The molecule has 0 aromatic heterocycles. The molecule has 0 saturated carbocycles. The Kier molecular flexibility index (Phi) is 12.9. The maximum Gasteiger partial charge on any atom is 0.0609 e. The number of benzene rings is 7. The lowest BCUT2D eigenvalue weighted by molar-refractivity contribution is 0.792. The summed E-state index contributed by atoms with van der Waals surface area (Å²) in [6.45, 7) is 11.0. The SMILES string of the molecule is CC1=CCC(N(C=c2ccccc2=C(c2ccccc2)c2cc(C)cc(C=c3ccccc3=C(c3ccccc3)N(C3=CC=C(C)CC3)c3ccc(C)cc3)c2)c2ccc(C)cc2)C=C1. The van der Waals surface area contributed by atoms with E-state index in [1.54, 1.807) is 0 Å². The molecule has 0 heterocycles. The van der Waals surface area contributed by atoms with Gasteiger partial charge in [-0.15, -0.1) is 0 Å². The molecule has 0 amide bonds. The third-order valence-corrected chi connectivity index (χ3v) is 12.6. The summed E-state index contributed by atoms with van der Waals surface area (Å²) in [6, 6.07) is 64.8. The third-order valence-electron chi connectivity index (χ3n) is 12.6. The summed E-state index contributed by atoms with van der Waals surface area (Å²) < 4.78 is 0. The van der Waals surface area contributed by atoms with Gasteiger partial charge in [0.25, 0.3) is 0 Å². The highest BCUT2D eigenvalue weighted by atomic mass is 15.2. The predicted octanol–water partition coefficient (Wildman–Crippen LogP) is 12.5. The molecule has 65 heavy (non-hydrogen) atoms. The van der Waals surface area contributed by atoms with E-state index in [9.17, 15) is 0 Å². The monoisotopic (exact) mass is 842 g/mol. The van der Waals surface area contributed by atoms with Crippen molar-refractivity contribution in [3.8, 4) is 0 Å². The molecule has 1 unspecified atom stereocenters. The predicted molar refractivity (Wildman–Crippen MR) is 277 cm³/mol. The summed E-state index contributed by atoms with van der Waals surface area (Å²) >= 11 is 0. The Labute approximate surface area is 385 Å². The molecule has 2 nitrogen and oxygen atoms in total. The molecule has 7 aromatic rings. The van der Waals surface area contributed by atoms with Crippen LogP contribution in [0.15, 0.2) is 223 Å². The van der Waals surface area contributed by atoms with Gasteiger partial charge in [-0.3, -0.25) is 0 Å². The van der Waals surface area contributed by atoms with E-state index in [1.165, 1.54) is 82.8 Å². The van der Waals surface area contributed by atoms with Gasteiger partial charge in [0, 0.05) is 28.5 Å². The molecule has 0 saturated heterocycles. The van der Waals surface area contributed by atoms with Gasteiger partial charge in [0.1, 0.15) is 0 Å². The minimum absolute atomic E-state index is 0.198. The van der Waals surface area contributed by atoms with Crippen LogP contribution in [-0.4, -0.2) is 6.04 Å². The van der Waals surface area contributed by atoms with E-state index >= 15 is 0 Å². The number of allylic oxidation sites excluding steroid dienone is 6. The largest absolute Gasteiger partial charge is 0.340 e. The zero-order valence-electron chi connectivity index (χ0n) is 38.4. The summed E-state index contributed by atoms with van der Waals surface area (Å²) in [5.41, 5.74) is 17.1. The molecule has 9 rings (SSSR count). The fourth-order valence-electron chi connectivity index (χ4n) is 9.18. The molecule has 7 aromatic carbocycles. The summed E-state index contributed by atoms with van der Waals surface area (Å²) in [4.78, 5) is 4.95. The smallest absolute Gasteiger partial charge is 0.0609 e. The van der Waals surface area contributed by atoms with E-state index in [0.29, 0.717) is 0 Å². The van der Waals surface area contributed by atoms with Gasteiger partial charge >= 0.3 is 0 Å². The first-order valence-electron chi connectivity index (χ1n) is 23.1. The van der Waals surface area contributed by atoms with Crippen LogP contribution in [0.2, 0.25) is 0 Å². The van der Waals surface area contributed by atoms with Gasteiger partial charge in [0.15, 0.2) is 0 Å². The highest BCUT2D eigenvalue weighted by molar-refractivity contribution is 5.84. The third kappa shape index (κ3) is 9.89. The Hall–Kier alpha value is -7.42. The van der Waals surface area contributed by atoms with Crippen LogP contribution in [0.1, 0.15) is 72.1 Å². The van der Waals surface area contributed by atoms with Crippen molar-refractivity contribution in [1.82, 2.24) is 0 Å². The fourth-order valence-corrected chi connectivity index (χ4v) is 9.18. The maximum absolute atomic E-state index is 2.50. The van der Waals surface area contributed by atoms with E-state index in [4.69, 9.17) is 0 Å². The Morgan fingerprint density at radius 1 is 0.523 bits per heavy atom. The Morgan fingerprint density at radius 2 is 1.14 bits per heavy atom. The second-order valence-corrected chi connectivity index (χ2v) is 17.7. The van der Waals surface area contributed by atoms with Crippen molar-refractivity contribution in [2.45, 2.75) is 59.9 Å². The number of hydrogen-bond acceptors (Lipinski definition) is 2. The molecule has 0 spiro atoms. The van der Waals surface area contributed by atoms with Crippen molar-refractivity contribution >= 4 is 34.9 Å². The van der Waals surface area contributed by atoms with Crippen molar-refractivity contribution in [1.29, 1.82) is 0 Å². The standard InChI is InChI=1S/C63H58N2/c1-45-24-32-56(33-25-45)64(57-34-26-46(2)27-35-57)44-54-21-13-14-22-60(54)62(51-16-8-6-9-17-51)55-41-49(5)40-50(43-55)42-53-20-12-15-23-61(53)63(52-18-10-7-11-19-52)65(58-36-28-47(3)29-37-58)59-38-30-48(4)31-39-59/h6-30,32-34,36-38,40-44,57H,31,35,39H2,1-5H3. The topological polar surface area (TPSA) is 6.48 Å². The van der Waals surface area contributed by atoms with Crippen LogP contribution >= 0.6 is 0 Å². The average molecular weight is 843 g/mol. The molecule has 320 valence electrons. The fraction of sp³-hybridized carbons (Fsp3) is 0.143. The molecular formula is C63H58N2. The van der Waals surface area contributed by atoms with Crippen LogP contribution in [0.4, 0.5) is 11.4 Å². The van der Waals surface area contributed by atoms with Gasteiger partial charge in [-0.2, -0.15) is 0 Å². The van der Waals surface area contributed by atoms with Gasteiger partial charge in [-0.05, 0) is 145 Å². The summed E-state index contributed by atoms with van der Waals surface area (Å²) in [7, 11) is 0. The molecule has 0 aliphatic heterocycles. The summed E-state index contributed by atoms with van der Waals surface area (Å²) in [5, 5.41) is 4.71. The Morgan fingerprint density at radius 3 is 1.78 bits per heavy atom. The van der Waals surface area contributed by atoms with Crippen LogP contribution in [0.3, 0.4) is 0 Å². The minimum Gasteiger partial charge on any atom is -0.340 e. The molecule has 2 aliphatic carbocycles.